The van der Waals surface area contributed by atoms with Crippen molar-refractivity contribution in [2.24, 2.45) is 0 Å². The Bertz CT molecular complexity index is 184. The molecule has 0 spiro atoms. The van der Waals surface area contributed by atoms with Gasteiger partial charge in [-0.3, -0.25) is 0 Å². The Kier molecular flexibility index (Phi) is 1.72. The van der Waals surface area contributed by atoms with Crippen molar-refractivity contribution < 1.29 is 4.39 Å². The third-order valence-electron chi connectivity index (χ3n) is 0.924. The molecule has 1 aromatic rings. The van der Waals surface area contributed by atoms with E-state index in [2.05, 4.69) is 15.5 Å². The zero-order valence-electron chi connectivity index (χ0n) is 5.08. The molecule has 5 heteroatoms. The van der Waals surface area contributed by atoms with Crippen molar-refractivity contribution in [2.45, 2.75) is 19.9 Å². The highest BCUT2D eigenvalue weighted by atomic mass is 19.1. The van der Waals surface area contributed by atoms with E-state index in [1.54, 1.807) is 0 Å². The molecule has 0 bridgehead atoms. The van der Waals surface area contributed by atoms with Gasteiger partial charge in [-0.25, -0.2) is 4.68 Å². The molecule has 0 radical (unpaired) electrons. The molecule has 1 rings (SSSR count). The lowest BCUT2D eigenvalue weighted by atomic mass is 10.5. The summed E-state index contributed by atoms with van der Waals surface area (Å²) in [5, 5.41) is 9.58. The van der Waals surface area contributed by atoms with Crippen LogP contribution in [-0.2, 0) is 6.54 Å². The molecule has 0 amide bonds. The van der Waals surface area contributed by atoms with E-state index in [9.17, 15) is 4.39 Å². The zero-order chi connectivity index (χ0) is 6.69. The molecule has 0 aromatic carbocycles. The van der Waals surface area contributed by atoms with Gasteiger partial charge >= 0.3 is 6.08 Å². The van der Waals surface area contributed by atoms with E-state index in [4.69, 9.17) is 0 Å². The van der Waals surface area contributed by atoms with E-state index >= 15 is 0 Å². The molecular weight excluding hydrogens is 123 g/mol. The van der Waals surface area contributed by atoms with Gasteiger partial charge in [0.15, 0.2) is 0 Å². The predicted molar refractivity (Wildman–Crippen MR) is 28.1 cm³/mol. The number of hydrogen-bond donors (Lipinski definition) is 0. The number of nitrogens with zero attached hydrogens (tertiary/aromatic N) is 4. The Balaban J connectivity index is 2.69. The molecule has 0 fully saturated rings. The normalized spacial score (nSPS) is 10.0. The smallest absolute Gasteiger partial charge is 0.202 e. The number of aryl methyl sites for hydroxylation is 1. The second kappa shape index (κ2) is 2.52. The zero-order valence-corrected chi connectivity index (χ0v) is 5.08. The van der Waals surface area contributed by atoms with Crippen LogP contribution in [0, 0.1) is 6.08 Å². The van der Waals surface area contributed by atoms with Crippen molar-refractivity contribution in [1.82, 2.24) is 20.2 Å². The van der Waals surface area contributed by atoms with Gasteiger partial charge in [0, 0.05) is 6.54 Å². The number of hydrogen-bond acceptors (Lipinski definition) is 3. The van der Waals surface area contributed by atoms with Crippen molar-refractivity contribution >= 4 is 0 Å². The standard InChI is InChI=1S/C4H7FN4/c1-2-3-9-4(5)6-7-8-9/h2-3H2,1H3. The van der Waals surface area contributed by atoms with Crippen LogP contribution < -0.4 is 0 Å². The molecule has 9 heavy (non-hydrogen) atoms. The summed E-state index contributed by atoms with van der Waals surface area (Å²) in [6.45, 7) is 2.47. The Morgan fingerprint density at radius 2 is 2.44 bits per heavy atom. The molecular formula is C4H7FN4. The van der Waals surface area contributed by atoms with Gasteiger partial charge < -0.3 is 0 Å². The van der Waals surface area contributed by atoms with E-state index in [1.165, 1.54) is 0 Å². The Hall–Kier alpha value is -1.00. The van der Waals surface area contributed by atoms with Gasteiger partial charge in [-0.15, -0.1) is 0 Å². The lowest BCUT2D eigenvalue weighted by molar-refractivity contribution is 0.433. The Morgan fingerprint density at radius 1 is 1.67 bits per heavy atom. The van der Waals surface area contributed by atoms with E-state index in [1.807, 2.05) is 6.92 Å². The number of rotatable bonds is 2. The highest BCUT2D eigenvalue weighted by Crippen LogP contribution is 1.89. The van der Waals surface area contributed by atoms with Gasteiger partial charge in [-0.05, 0) is 16.8 Å². The maximum absolute atomic E-state index is 12.3. The van der Waals surface area contributed by atoms with Crippen molar-refractivity contribution in [2.75, 3.05) is 0 Å². The molecule has 50 valence electrons. The van der Waals surface area contributed by atoms with Crippen LogP contribution in [0.5, 0.6) is 0 Å². The number of tetrazole rings is 1. The van der Waals surface area contributed by atoms with E-state index < -0.39 is 6.08 Å². The summed E-state index contributed by atoms with van der Waals surface area (Å²) >= 11 is 0. The molecule has 1 heterocycles. The first-order valence-corrected chi connectivity index (χ1v) is 2.76. The van der Waals surface area contributed by atoms with Crippen LogP contribution >= 0.6 is 0 Å². The van der Waals surface area contributed by atoms with Gasteiger partial charge in [-0.2, -0.15) is 4.39 Å². The number of aromatic nitrogens is 4. The topological polar surface area (TPSA) is 43.6 Å². The SMILES string of the molecule is CCCn1nnnc1F. The fourth-order valence-corrected chi connectivity index (χ4v) is 0.542. The molecule has 0 saturated heterocycles. The van der Waals surface area contributed by atoms with Crippen LogP contribution in [-0.4, -0.2) is 20.2 Å². The lowest BCUT2D eigenvalue weighted by Gasteiger charge is -1.91. The minimum Gasteiger partial charge on any atom is -0.202 e. The van der Waals surface area contributed by atoms with Gasteiger partial charge in [-0.1, -0.05) is 12.0 Å². The second-order valence-corrected chi connectivity index (χ2v) is 1.67. The monoisotopic (exact) mass is 130 g/mol. The summed E-state index contributed by atoms with van der Waals surface area (Å²) < 4.78 is 13.4. The molecule has 0 unspecified atom stereocenters. The molecule has 0 aliphatic heterocycles. The van der Waals surface area contributed by atoms with Crippen LogP contribution in [0.1, 0.15) is 13.3 Å². The minimum absolute atomic E-state index is 0.541. The third kappa shape index (κ3) is 1.22. The van der Waals surface area contributed by atoms with Crippen LogP contribution in [0.2, 0.25) is 0 Å². The summed E-state index contributed by atoms with van der Waals surface area (Å²) in [7, 11) is 0. The van der Waals surface area contributed by atoms with Crippen molar-refractivity contribution in [3.8, 4) is 0 Å². The molecule has 0 aliphatic carbocycles. The fraction of sp³-hybridized carbons (Fsp3) is 0.750. The molecule has 0 atom stereocenters. The van der Waals surface area contributed by atoms with Gasteiger partial charge in [0.1, 0.15) is 0 Å². The Labute approximate surface area is 51.7 Å². The first kappa shape index (κ1) is 6.12. The van der Waals surface area contributed by atoms with Crippen molar-refractivity contribution in [1.29, 1.82) is 0 Å². The summed E-state index contributed by atoms with van der Waals surface area (Å²) in [6, 6.07) is 0. The Morgan fingerprint density at radius 3 is 2.89 bits per heavy atom. The molecule has 0 saturated carbocycles. The van der Waals surface area contributed by atoms with Crippen molar-refractivity contribution in [3.05, 3.63) is 6.08 Å². The highest BCUT2D eigenvalue weighted by molar-refractivity contribution is 4.51. The van der Waals surface area contributed by atoms with E-state index in [0.717, 1.165) is 11.1 Å². The molecule has 1 aromatic heterocycles. The largest absolute Gasteiger partial charge is 0.327 e. The van der Waals surface area contributed by atoms with Gasteiger partial charge in [0.05, 0.1) is 0 Å². The third-order valence-corrected chi connectivity index (χ3v) is 0.924. The first-order chi connectivity index (χ1) is 4.34. The summed E-state index contributed by atoms with van der Waals surface area (Å²) in [5.41, 5.74) is 0. The van der Waals surface area contributed by atoms with Gasteiger partial charge in [0.2, 0.25) is 0 Å². The maximum atomic E-state index is 12.3. The number of halogens is 1. The quantitative estimate of drug-likeness (QED) is 0.575. The molecule has 0 N–H and O–H groups in total. The van der Waals surface area contributed by atoms with Crippen molar-refractivity contribution in [3.63, 3.8) is 0 Å². The van der Waals surface area contributed by atoms with Gasteiger partial charge in [0.25, 0.3) is 0 Å². The van der Waals surface area contributed by atoms with E-state index in [0.29, 0.717) is 6.54 Å². The van der Waals surface area contributed by atoms with Crippen LogP contribution in [0.4, 0.5) is 4.39 Å². The summed E-state index contributed by atoms with van der Waals surface area (Å²) in [6.07, 6.45) is 0.221. The highest BCUT2D eigenvalue weighted by Gasteiger charge is 1.99. The second-order valence-electron chi connectivity index (χ2n) is 1.67. The fourth-order valence-electron chi connectivity index (χ4n) is 0.542. The van der Waals surface area contributed by atoms with Crippen LogP contribution in [0.3, 0.4) is 0 Å². The minimum atomic E-state index is -0.614. The van der Waals surface area contributed by atoms with E-state index in [-0.39, 0.29) is 0 Å². The molecule has 4 nitrogen and oxygen atoms in total. The van der Waals surface area contributed by atoms with Crippen LogP contribution in [0.25, 0.3) is 0 Å². The molecule has 0 aliphatic rings. The first-order valence-electron chi connectivity index (χ1n) is 2.76. The predicted octanol–water partition coefficient (Wildman–Crippen LogP) is 0.222. The summed E-state index contributed by atoms with van der Waals surface area (Å²) in [5.74, 6) is 0. The summed E-state index contributed by atoms with van der Waals surface area (Å²) in [4.78, 5) is 0. The average molecular weight is 130 g/mol. The lowest BCUT2D eigenvalue weighted by Crippen LogP contribution is -2.02. The van der Waals surface area contributed by atoms with Crippen LogP contribution in [0.15, 0.2) is 0 Å². The maximum Gasteiger partial charge on any atom is 0.327 e. The average Bonchev–Trinajstić information content (AvgIpc) is 2.18.